The number of nitro benzene ring substituents is 1. The fourth-order valence-electron chi connectivity index (χ4n) is 6.21. The molecule has 10 nitrogen and oxygen atoms in total. The molecule has 0 aliphatic carbocycles. The van der Waals surface area contributed by atoms with Crippen LogP contribution in [0.2, 0.25) is 0 Å². The van der Waals surface area contributed by atoms with Crippen LogP contribution >= 0.6 is 0 Å². The highest BCUT2D eigenvalue weighted by Gasteiger charge is 2.57. The second-order valence-electron chi connectivity index (χ2n) is 11.8. The molecule has 0 spiro atoms. The van der Waals surface area contributed by atoms with E-state index in [0.29, 0.717) is 41.8 Å². The molecule has 3 aromatic carbocycles. The van der Waals surface area contributed by atoms with Gasteiger partial charge in [0, 0.05) is 61.0 Å². The van der Waals surface area contributed by atoms with E-state index in [9.17, 15) is 38.3 Å². The Balaban J connectivity index is 1.38. The number of aliphatic carboxylic acids is 1. The Morgan fingerprint density at radius 2 is 1.77 bits per heavy atom. The van der Waals surface area contributed by atoms with Gasteiger partial charge in [0.2, 0.25) is 5.60 Å². The largest absolute Gasteiger partial charge is 0.493 e. The lowest BCUT2D eigenvalue weighted by molar-refractivity contribution is -0.384. The summed E-state index contributed by atoms with van der Waals surface area (Å²) in [6.45, 7) is 1.57. The molecule has 2 heterocycles. The third-order valence-corrected chi connectivity index (χ3v) is 8.76. The number of aromatic nitrogens is 1. The third kappa shape index (κ3) is 7.05. The zero-order valence-electron chi connectivity index (χ0n) is 25.9. The van der Waals surface area contributed by atoms with E-state index in [0.717, 1.165) is 11.6 Å². The smallest absolute Gasteiger partial charge is 0.422 e. The molecule has 0 saturated carbocycles. The fraction of sp³-hybridized carbons (Fsp3) is 0.382. The van der Waals surface area contributed by atoms with Crippen LogP contribution in [0, 0.1) is 10.1 Å². The maximum absolute atomic E-state index is 14.9. The quantitative estimate of drug-likeness (QED) is 0.131. The molecule has 0 amide bonds. The Morgan fingerprint density at radius 3 is 2.36 bits per heavy atom. The van der Waals surface area contributed by atoms with Crippen molar-refractivity contribution in [3.8, 4) is 11.5 Å². The molecule has 0 bridgehead atoms. The predicted molar refractivity (Wildman–Crippen MR) is 168 cm³/mol. The summed E-state index contributed by atoms with van der Waals surface area (Å²) in [7, 11) is 1.44. The zero-order valence-corrected chi connectivity index (χ0v) is 25.9. The van der Waals surface area contributed by atoms with Crippen LogP contribution in [-0.2, 0) is 16.9 Å². The number of nitro groups is 1. The van der Waals surface area contributed by atoms with Crippen molar-refractivity contribution in [1.82, 2.24) is 9.47 Å². The van der Waals surface area contributed by atoms with Crippen molar-refractivity contribution in [2.45, 2.75) is 56.5 Å². The number of halogens is 3. The van der Waals surface area contributed by atoms with Gasteiger partial charge in [-0.3, -0.25) is 19.8 Å². The second-order valence-corrected chi connectivity index (χ2v) is 11.8. The van der Waals surface area contributed by atoms with Gasteiger partial charge in [-0.25, -0.2) is 0 Å². The van der Waals surface area contributed by atoms with Gasteiger partial charge in [-0.2, -0.15) is 13.2 Å². The number of ether oxygens (including phenoxy) is 2. The van der Waals surface area contributed by atoms with Gasteiger partial charge in [0.15, 0.2) is 11.5 Å². The molecule has 1 saturated heterocycles. The zero-order chi connectivity index (χ0) is 33.9. The van der Waals surface area contributed by atoms with E-state index < -0.39 is 40.7 Å². The molecule has 4 aromatic rings. The molecule has 0 radical (unpaired) electrons. The van der Waals surface area contributed by atoms with E-state index in [1.165, 1.54) is 30.3 Å². The molecule has 1 aliphatic rings. The summed E-state index contributed by atoms with van der Waals surface area (Å²) >= 11 is 0. The molecule has 1 fully saturated rings. The average molecular weight is 656 g/mol. The number of aliphatic hydroxyl groups is 1. The molecule has 2 atom stereocenters. The molecule has 47 heavy (non-hydrogen) atoms. The number of methoxy groups -OCH3 is 1. The lowest BCUT2D eigenvalue weighted by Gasteiger charge is -2.39. The lowest BCUT2D eigenvalue weighted by atomic mass is 9.90. The summed E-state index contributed by atoms with van der Waals surface area (Å²) in [4.78, 5) is 24.0. The van der Waals surface area contributed by atoms with Crippen LogP contribution in [0.4, 0.5) is 18.9 Å². The minimum absolute atomic E-state index is 0.0445. The van der Waals surface area contributed by atoms with Crippen molar-refractivity contribution in [3.63, 3.8) is 0 Å². The number of hydrogen-bond acceptors (Lipinski definition) is 7. The summed E-state index contributed by atoms with van der Waals surface area (Å²) in [5, 5.41) is 32.6. The first-order chi connectivity index (χ1) is 22.3. The molecular formula is C34H36F3N3O7. The Bertz CT molecular complexity index is 1740. The number of fused-ring (bicyclic) bond motifs is 1. The summed E-state index contributed by atoms with van der Waals surface area (Å²) in [6, 6.07) is 17.7. The van der Waals surface area contributed by atoms with Gasteiger partial charge in [0.1, 0.15) is 6.10 Å². The number of nitrogens with zero attached hydrogens (tertiary/aromatic N) is 3. The number of carbonyl (C=O) groups is 1. The minimum atomic E-state index is -5.10. The van der Waals surface area contributed by atoms with Crippen molar-refractivity contribution >= 4 is 22.6 Å². The number of likely N-dealkylation sites (tertiary alicyclic amines) is 1. The van der Waals surface area contributed by atoms with E-state index >= 15 is 0 Å². The van der Waals surface area contributed by atoms with Gasteiger partial charge >= 0.3 is 12.1 Å². The molecule has 2 unspecified atom stereocenters. The van der Waals surface area contributed by atoms with Crippen LogP contribution in [0.5, 0.6) is 11.5 Å². The lowest BCUT2D eigenvalue weighted by Crippen LogP contribution is -2.53. The van der Waals surface area contributed by atoms with E-state index in [-0.39, 0.29) is 36.8 Å². The molecule has 2 N–H and O–H groups in total. The first-order valence-corrected chi connectivity index (χ1v) is 15.2. The number of benzene rings is 3. The number of β-amino-alcohol motifs (C(OH)–C–C–N with tert-alkyl or cyclic N) is 1. The van der Waals surface area contributed by atoms with Crippen LogP contribution in [-0.4, -0.2) is 69.6 Å². The topological polar surface area (TPSA) is 127 Å². The summed E-state index contributed by atoms with van der Waals surface area (Å²) in [5.41, 5.74) is -2.44. The Morgan fingerprint density at radius 1 is 1.06 bits per heavy atom. The normalized spacial score (nSPS) is 16.5. The summed E-state index contributed by atoms with van der Waals surface area (Å²) in [6.07, 6.45) is -3.11. The third-order valence-electron chi connectivity index (χ3n) is 8.76. The highest BCUT2D eigenvalue weighted by atomic mass is 19.4. The number of carboxylic acid groups (broad SMARTS) is 1. The summed E-state index contributed by atoms with van der Waals surface area (Å²) in [5.74, 6) is -0.896. The fourth-order valence-corrected chi connectivity index (χ4v) is 6.21. The van der Waals surface area contributed by atoms with Crippen LogP contribution in [0.1, 0.15) is 48.8 Å². The van der Waals surface area contributed by atoms with Crippen molar-refractivity contribution in [1.29, 1.82) is 0 Å². The maximum Gasteiger partial charge on any atom is 0.422 e. The van der Waals surface area contributed by atoms with Crippen molar-refractivity contribution in [2.24, 2.45) is 0 Å². The molecule has 1 aromatic heterocycles. The predicted octanol–water partition coefficient (Wildman–Crippen LogP) is 6.48. The minimum Gasteiger partial charge on any atom is -0.493 e. The Hall–Kier alpha value is -4.62. The van der Waals surface area contributed by atoms with Crippen molar-refractivity contribution in [2.75, 3.05) is 26.7 Å². The van der Waals surface area contributed by atoms with Gasteiger partial charge < -0.3 is 24.3 Å². The number of non-ortho nitro benzene ring substituents is 1. The molecule has 250 valence electrons. The molecular weight excluding hydrogens is 619 g/mol. The van der Waals surface area contributed by atoms with Crippen LogP contribution in [0.25, 0.3) is 10.9 Å². The van der Waals surface area contributed by atoms with Gasteiger partial charge in [-0.15, -0.1) is 0 Å². The monoisotopic (exact) mass is 655 g/mol. The molecule has 5 rings (SSSR count). The standard InChI is InChI=1S/C34H36F3N3O7/c1-3-26(32(41)42)23-9-12-30(31(17-23)46-2)47-25-13-15-38(16-14-25)21-33(43,34(35,36)37)28-20-39(19-22-7-5-4-6-8-22)29-11-10-24(40(44)45)18-27(28)29/h4-12,17-18,20,25-26,43H,3,13-16,19,21H2,1-2H3,(H,41,42). The molecule has 1 aliphatic heterocycles. The van der Waals surface area contributed by atoms with Crippen molar-refractivity contribution < 1.29 is 42.6 Å². The SMILES string of the molecule is CCC(C(=O)O)c1ccc(OC2CCN(CC(O)(c3cn(Cc4ccccc4)c4ccc([N+](=O)[O-])cc34)C(F)(F)F)CC2)c(OC)c1. The van der Waals surface area contributed by atoms with Gasteiger partial charge in [-0.05, 0) is 48.6 Å². The number of carboxylic acids is 1. The van der Waals surface area contributed by atoms with Gasteiger partial charge in [-0.1, -0.05) is 43.3 Å². The van der Waals surface area contributed by atoms with Crippen LogP contribution < -0.4 is 9.47 Å². The number of piperidine rings is 1. The van der Waals surface area contributed by atoms with E-state index in [4.69, 9.17) is 9.47 Å². The Kier molecular flexibility index (Phi) is 9.78. The first-order valence-electron chi connectivity index (χ1n) is 15.2. The highest BCUT2D eigenvalue weighted by molar-refractivity contribution is 5.87. The van der Waals surface area contributed by atoms with E-state index in [1.807, 2.05) is 18.2 Å². The number of alkyl halides is 3. The second kappa shape index (κ2) is 13.6. The highest BCUT2D eigenvalue weighted by Crippen LogP contribution is 2.44. The van der Waals surface area contributed by atoms with Gasteiger partial charge in [0.25, 0.3) is 5.69 Å². The summed E-state index contributed by atoms with van der Waals surface area (Å²) < 4.78 is 57.8. The van der Waals surface area contributed by atoms with Gasteiger partial charge in [0.05, 0.1) is 18.0 Å². The van der Waals surface area contributed by atoms with E-state index in [1.54, 1.807) is 41.8 Å². The van der Waals surface area contributed by atoms with Crippen molar-refractivity contribution in [3.05, 3.63) is 99.7 Å². The van der Waals surface area contributed by atoms with Crippen LogP contribution in [0.15, 0.2) is 72.9 Å². The molecule has 13 heteroatoms. The van der Waals surface area contributed by atoms with Crippen LogP contribution in [0.3, 0.4) is 0 Å². The maximum atomic E-state index is 14.9. The number of rotatable bonds is 12. The number of hydrogen-bond donors (Lipinski definition) is 2. The average Bonchev–Trinajstić information content (AvgIpc) is 3.40. The first kappa shape index (κ1) is 33.7. The Labute approximate surface area is 269 Å². The van der Waals surface area contributed by atoms with E-state index in [2.05, 4.69) is 0 Å².